The second kappa shape index (κ2) is 5.90. The molecule has 1 atom stereocenters. The number of benzene rings is 1. The molecule has 1 saturated heterocycles. The zero-order valence-corrected chi connectivity index (χ0v) is 12.0. The van der Waals surface area contributed by atoms with Crippen molar-refractivity contribution in [2.45, 2.75) is 23.8 Å². The van der Waals surface area contributed by atoms with Gasteiger partial charge in [0.15, 0.2) is 0 Å². The lowest BCUT2D eigenvalue weighted by atomic mass is 10.1. The summed E-state index contributed by atoms with van der Waals surface area (Å²) in [7, 11) is -2.11. The number of hydrogen-bond donors (Lipinski definition) is 1. The van der Waals surface area contributed by atoms with E-state index in [1.165, 1.54) is 28.6 Å². The molecule has 0 amide bonds. The van der Waals surface area contributed by atoms with Crippen molar-refractivity contribution in [1.82, 2.24) is 4.31 Å². The van der Waals surface area contributed by atoms with Crippen molar-refractivity contribution in [3.8, 4) is 0 Å². The Morgan fingerprint density at radius 2 is 2.20 bits per heavy atom. The molecule has 0 spiro atoms. The zero-order chi connectivity index (χ0) is 14.8. The Morgan fingerprint density at radius 3 is 2.85 bits per heavy atom. The van der Waals surface area contributed by atoms with Gasteiger partial charge in [0.2, 0.25) is 10.0 Å². The Balaban J connectivity index is 2.30. The molecule has 1 aliphatic rings. The second-order valence-corrected chi connectivity index (χ2v) is 6.63. The van der Waals surface area contributed by atoms with E-state index >= 15 is 0 Å². The summed E-state index contributed by atoms with van der Waals surface area (Å²) in [6.45, 7) is 0.732. The number of carboxylic acids is 1. The molecule has 1 heterocycles. The van der Waals surface area contributed by atoms with E-state index in [4.69, 9.17) is 9.84 Å². The number of piperidine rings is 1. The summed E-state index contributed by atoms with van der Waals surface area (Å²) in [5.41, 5.74) is -0.0358. The molecule has 0 bridgehead atoms. The van der Waals surface area contributed by atoms with Crippen molar-refractivity contribution in [2.24, 2.45) is 0 Å². The Morgan fingerprint density at radius 1 is 1.45 bits per heavy atom. The molecule has 6 nitrogen and oxygen atoms in total. The van der Waals surface area contributed by atoms with Crippen LogP contribution in [0.2, 0.25) is 0 Å². The van der Waals surface area contributed by atoms with E-state index in [1.54, 1.807) is 7.11 Å². The number of sulfonamides is 1. The minimum absolute atomic E-state index is 0.00848. The predicted octanol–water partition coefficient (Wildman–Crippen LogP) is 1.18. The van der Waals surface area contributed by atoms with E-state index in [0.717, 1.165) is 12.8 Å². The molecule has 1 aromatic carbocycles. The normalized spacial score (nSPS) is 20.8. The predicted molar refractivity (Wildman–Crippen MR) is 72.2 cm³/mol. The van der Waals surface area contributed by atoms with E-state index in [9.17, 15) is 13.2 Å². The number of carboxylic acid groups (broad SMARTS) is 1. The molecular weight excluding hydrogens is 282 g/mol. The van der Waals surface area contributed by atoms with Crippen LogP contribution in [0.4, 0.5) is 0 Å². The molecule has 1 fully saturated rings. The molecule has 0 radical (unpaired) electrons. The minimum atomic E-state index is -3.67. The Kier molecular flexibility index (Phi) is 4.42. The molecule has 110 valence electrons. The Bertz CT molecular complexity index is 599. The lowest BCUT2D eigenvalue weighted by Crippen LogP contribution is -2.42. The Labute approximate surface area is 118 Å². The lowest BCUT2D eigenvalue weighted by molar-refractivity contribution is 0.0571. The minimum Gasteiger partial charge on any atom is -0.478 e. The van der Waals surface area contributed by atoms with Crippen molar-refractivity contribution < 1.29 is 23.1 Å². The van der Waals surface area contributed by atoms with Gasteiger partial charge in [-0.2, -0.15) is 4.31 Å². The number of hydrogen-bond acceptors (Lipinski definition) is 4. The summed E-state index contributed by atoms with van der Waals surface area (Å²) in [6, 6.07) is 5.41. The van der Waals surface area contributed by atoms with Crippen LogP contribution in [0.1, 0.15) is 23.2 Å². The van der Waals surface area contributed by atoms with Gasteiger partial charge in [-0.1, -0.05) is 6.07 Å². The molecule has 7 heteroatoms. The van der Waals surface area contributed by atoms with Gasteiger partial charge in [-0.25, -0.2) is 13.2 Å². The maximum atomic E-state index is 12.5. The third-order valence-electron chi connectivity index (χ3n) is 3.39. The van der Waals surface area contributed by atoms with Gasteiger partial charge in [-0.05, 0) is 31.0 Å². The van der Waals surface area contributed by atoms with Crippen molar-refractivity contribution >= 4 is 16.0 Å². The van der Waals surface area contributed by atoms with Crippen LogP contribution < -0.4 is 0 Å². The van der Waals surface area contributed by atoms with Gasteiger partial charge in [-0.3, -0.25) is 0 Å². The highest BCUT2D eigenvalue weighted by Gasteiger charge is 2.30. The number of rotatable bonds is 4. The molecule has 1 N–H and O–H groups in total. The molecule has 0 aromatic heterocycles. The average Bonchev–Trinajstić information content (AvgIpc) is 2.47. The monoisotopic (exact) mass is 299 g/mol. The van der Waals surface area contributed by atoms with Crippen molar-refractivity contribution in [3.63, 3.8) is 0 Å². The zero-order valence-electron chi connectivity index (χ0n) is 11.2. The second-order valence-electron chi connectivity index (χ2n) is 4.70. The van der Waals surface area contributed by atoms with E-state index in [1.807, 2.05) is 0 Å². The molecule has 1 unspecified atom stereocenters. The molecule has 20 heavy (non-hydrogen) atoms. The fraction of sp³-hybridized carbons (Fsp3) is 0.462. The van der Waals surface area contributed by atoms with Crippen molar-refractivity contribution in [1.29, 1.82) is 0 Å². The topological polar surface area (TPSA) is 83.9 Å². The van der Waals surface area contributed by atoms with Crippen LogP contribution in [0, 0.1) is 0 Å². The van der Waals surface area contributed by atoms with Gasteiger partial charge in [-0.15, -0.1) is 0 Å². The first-order chi connectivity index (χ1) is 9.45. The van der Waals surface area contributed by atoms with Gasteiger partial charge in [0.1, 0.15) is 0 Å². The Hall–Kier alpha value is -1.44. The fourth-order valence-corrected chi connectivity index (χ4v) is 3.81. The number of ether oxygens (including phenoxy) is 1. The highest BCUT2D eigenvalue weighted by molar-refractivity contribution is 7.89. The number of nitrogens with zero attached hydrogens (tertiary/aromatic N) is 1. The quantitative estimate of drug-likeness (QED) is 0.902. The number of carbonyl (C=O) groups is 1. The highest BCUT2D eigenvalue weighted by Crippen LogP contribution is 2.22. The van der Waals surface area contributed by atoms with Crippen LogP contribution in [-0.4, -0.2) is 50.1 Å². The first kappa shape index (κ1) is 15.0. The van der Waals surface area contributed by atoms with E-state index < -0.39 is 16.0 Å². The fourth-order valence-electron chi connectivity index (χ4n) is 2.25. The lowest BCUT2D eigenvalue weighted by Gasteiger charge is -2.31. The van der Waals surface area contributed by atoms with Crippen LogP contribution in [0.3, 0.4) is 0 Å². The van der Waals surface area contributed by atoms with Gasteiger partial charge in [0.05, 0.1) is 16.6 Å². The van der Waals surface area contributed by atoms with Gasteiger partial charge in [0.25, 0.3) is 0 Å². The maximum absolute atomic E-state index is 12.5. The van der Waals surface area contributed by atoms with Crippen LogP contribution in [0.25, 0.3) is 0 Å². The van der Waals surface area contributed by atoms with Crippen molar-refractivity contribution in [3.05, 3.63) is 29.8 Å². The van der Waals surface area contributed by atoms with E-state index in [0.29, 0.717) is 13.1 Å². The van der Waals surface area contributed by atoms with E-state index in [2.05, 4.69) is 0 Å². The smallest absolute Gasteiger partial charge is 0.335 e. The molecule has 1 aromatic rings. The largest absolute Gasteiger partial charge is 0.478 e. The van der Waals surface area contributed by atoms with Crippen molar-refractivity contribution in [2.75, 3.05) is 20.2 Å². The molecule has 1 aliphatic heterocycles. The summed E-state index contributed by atoms with van der Waals surface area (Å²) in [4.78, 5) is 10.9. The van der Waals surface area contributed by atoms with Crippen LogP contribution in [-0.2, 0) is 14.8 Å². The summed E-state index contributed by atoms with van der Waals surface area (Å²) < 4.78 is 31.6. The first-order valence-corrected chi connectivity index (χ1v) is 7.75. The molecule has 2 rings (SSSR count). The van der Waals surface area contributed by atoms with E-state index in [-0.39, 0.29) is 16.6 Å². The summed E-state index contributed by atoms with van der Waals surface area (Å²) >= 11 is 0. The molecule has 0 saturated carbocycles. The summed E-state index contributed by atoms with van der Waals surface area (Å²) in [5.74, 6) is -1.14. The SMILES string of the molecule is COC1CCCN(S(=O)(=O)c2cccc(C(=O)O)c2)C1. The average molecular weight is 299 g/mol. The third kappa shape index (κ3) is 3.00. The van der Waals surface area contributed by atoms with Gasteiger partial charge < -0.3 is 9.84 Å². The standard InChI is InChI=1S/C13H17NO5S/c1-19-11-5-3-7-14(9-11)20(17,18)12-6-2-4-10(8-12)13(15)16/h2,4,6,8,11H,3,5,7,9H2,1H3,(H,15,16). The van der Waals surface area contributed by atoms with Gasteiger partial charge >= 0.3 is 5.97 Å². The van der Waals surface area contributed by atoms with Crippen LogP contribution >= 0.6 is 0 Å². The number of aromatic carboxylic acids is 1. The highest BCUT2D eigenvalue weighted by atomic mass is 32.2. The third-order valence-corrected chi connectivity index (χ3v) is 5.25. The number of methoxy groups -OCH3 is 1. The van der Waals surface area contributed by atoms with Crippen LogP contribution in [0.5, 0.6) is 0 Å². The summed E-state index contributed by atoms with van der Waals surface area (Å²) in [6.07, 6.45) is 1.45. The first-order valence-electron chi connectivity index (χ1n) is 6.31. The summed E-state index contributed by atoms with van der Waals surface area (Å²) in [5, 5.41) is 8.94. The molecule has 0 aliphatic carbocycles. The van der Waals surface area contributed by atoms with Crippen LogP contribution in [0.15, 0.2) is 29.2 Å². The van der Waals surface area contributed by atoms with Gasteiger partial charge in [0, 0.05) is 20.2 Å². The molecular formula is C13H17NO5S. The maximum Gasteiger partial charge on any atom is 0.335 e.